The lowest BCUT2D eigenvalue weighted by Crippen LogP contribution is -2.59. The van der Waals surface area contributed by atoms with Crippen LogP contribution in [0.3, 0.4) is 0 Å². The van der Waals surface area contributed by atoms with Gasteiger partial charge in [-0.05, 0) is 70.8 Å². The van der Waals surface area contributed by atoms with E-state index in [2.05, 4.69) is 42.5 Å². The van der Waals surface area contributed by atoms with E-state index in [0.29, 0.717) is 27.1 Å². The monoisotopic (exact) mass is 1050 g/mol. The van der Waals surface area contributed by atoms with Crippen LogP contribution in [0.25, 0.3) is 0 Å². The van der Waals surface area contributed by atoms with Crippen LogP contribution in [-0.4, -0.2) is 94.7 Å². The number of hydrogen-bond acceptors (Lipinski definition) is 12. The van der Waals surface area contributed by atoms with Crippen LogP contribution in [0.5, 0.6) is 0 Å². The van der Waals surface area contributed by atoms with Gasteiger partial charge in [0.1, 0.15) is 18.1 Å². The number of esters is 2. The molecule has 2 bridgehead atoms. The SMILES string of the molecule is CC(=O)O[C@H]1C(=O)Nc2ccc(cc2)C[C@H](C(=O)N[C@@H](Cc2ccccc2)C(=O)O)CC(=O)[C@@H](Cc2ccccc2)NC(=O)[C@H](Cc2ccc(Br)cc2)NC(=O)[C@@H](Cc2cccs2)NC(=O)[C@@H]1OC(C)=O. The number of thiophene rings is 1. The van der Waals surface area contributed by atoms with Gasteiger partial charge in [-0.3, -0.25) is 38.4 Å². The average molecular weight is 1050 g/mol. The van der Waals surface area contributed by atoms with Crippen LogP contribution in [-0.2, 0) is 84.7 Å². The molecule has 0 fully saturated rings. The Labute approximate surface area is 421 Å². The second kappa shape index (κ2) is 25.4. The molecule has 370 valence electrons. The number of aliphatic carboxylic acids is 1. The van der Waals surface area contributed by atoms with Gasteiger partial charge in [-0.1, -0.05) is 107 Å². The number of hydrogen-bond donors (Lipinski definition) is 6. The van der Waals surface area contributed by atoms with Crippen molar-refractivity contribution in [3.8, 4) is 0 Å². The lowest BCUT2D eigenvalue weighted by molar-refractivity contribution is -0.173. The van der Waals surface area contributed by atoms with E-state index < -0.39 is 102 Å². The van der Waals surface area contributed by atoms with Gasteiger partial charge in [-0.25, -0.2) is 4.79 Å². The zero-order valence-corrected chi connectivity index (χ0v) is 41.0. The largest absolute Gasteiger partial charge is 0.480 e. The number of carboxylic acid groups (broad SMARTS) is 1. The van der Waals surface area contributed by atoms with Gasteiger partial charge >= 0.3 is 17.9 Å². The molecule has 3 heterocycles. The minimum atomic E-state index is -2.12. The van der Waals surface area contributed by atoms with E-state index in [0.717, 1.165) is 18.3 Å². The smallest absolute Gasteiger partial charge is 0.326 e. The van der Waals surface area contributed by atoms with E-state index in [-0.39, 0.29) is 37.8 Å². The molecule has 7 atom stereocenters. The van der Waals surface area contributed by atoms with E-state index in [4.69, 9.17) is 9.47 Å². The molecule has 5 aromatic rings. The fourth-order valence-corrected chi connectivity index (χ4v) is 8.88. The van der Waals surface area contributed by atoms with E-state index >= 15 is 0 Å². The zero-order chi connectivity index (χ0) is 51.0. The van der Waals surface area contributed by atoms with Crippen LogP contribution >= 0.6 is 27.3 Å². The van der Waals surface area contributed by atoms with E-state index in [1.807, 2.05) is 0 Å². The minimum absolute atomic E-state index is 0.0308. The molecule has 0 radical (unpaired) electrons. The predicted molar refractivity (Wildman–Crippen MR) is 265 cm³/mol. The number of benzene rings is 4. The molecule has 71 heavy (non-hydrogen) atoms. The fourth-order valence-electron chi connectivity index (χ4n) is 7.87. The quantitative estimate of drug-likeness (QED) is 0.0708. The van der Waals surface area contributed by atoms with Crippen molar-refractivity contribution in [1.82, 2.24) is 21.3 Å². The third kappa shape index (κ3) is 16.0. The predicted octanol–water partition coefficient (Wildman–Crippen LogP) is 4.44. The summed E-state index contributed by atoms with van der Waals surface area (Å²) < 4.78 is 11.4. The summed E-state index contributed by atoms with van der Waals surface area (Å²) in [6.07, 6.45) is -5.13. The molecule has 0 aliphatic carbocycles. The van der Waals surface area contributed by atoms with Crippen molar-refractivity contribution >= 4 is 86.2 Å². The second-order valence-electron chi connectivity index (χ2n) is 16.9. The van der Waals surface area contributed by atoms with Crippen LogP contribution < -0.4 is 26.6 Å². The highest BCUT2D eigenvalue weighted by Gasteiger charge is 2.42. The number of ether oxygens (including phenoxy) is 2. The molecule has 0 saturated heterocycles. The van der Waals surface area contributed by atoms with E-state index in [1.165, 1.54) is 23.5 Å². The van der Waals surface area contributed by atoms with Crippen LogP contribution in [0.4, 0.5) is 5.69 Å². The maximum Gasteiger partial charge on any atom is 0.326 e. The van der Waals surface area contributed by atoms with Gasteiger partial charge in [0, 0.05) is 60.5 Å². The Morgan fingerprint density at radius 2 is 1.17 bits per heavy atom. The van der Waals surface area contributed by atoms with E-state index in [9.17, 15) is 48.3 Å². The molecule has 5 amide bonds. The first kappa shape index (κ1) is 52.9. The maximum atomic E-state index is 14.8. The molecular weight excluding hydrogens is 999 g/mol. The van der Waals surface area contributed by atoms with Crippen molar-refractivity contribution in [2.45, 2.75) is 88.7 Å². The summed E-state index contributed by atoms with van der Waals surface area (Å²) >= 11 is 4.67. The minimum Gasteiger partial charge on any atom is -0.480 e. The first-order chi connectivity index (χ1) is 34.0. The average Bonchev–Trinajstić information content (AvgIpc) is 3.86. The van der Waals surface area contributed by atoms with Gasteiger partial charge in [-0.15, -0.1) is 11.3 Å². The van der Waals surface area contributed by atoms with Crippen LogP contribution in [0.15, 0.2) is 131 Å². The van der Waals surface area contributed by atoms with Crippen LogP contribution in [0, 0.1) is 5.92 Å². The zero-order valence-electron chi connectivity index (χ0n) is 38.6. The normalized spacial score (nSPS) is 20.7. The number of rotatable bonds is 13. The van der Waals surface area contributed by atoms with Crippen molar-refractivity contribution in [2.75, 3.05) is 5.32 Å². The van der Waals surface area contributed by atoms with Gasteiger partial charge < -0.3 is 41.2 Å². The molecule has 19 heteroatoms. The summed E-state index contributed by atoms with van der Waals surface area (Å²) in [5.74, 6) is -9.80. The molecule has 2 aliphatic rings. The molecule has 0 spiro atoms. The molecular formula is C52H52BrN5O12S. The van der Waals surface area contributed by atoms with Crippen LogP contribution in [0.2, 0.25) is 0 Å². The maximum absolute atomic E-state index is 14.8. The Kier molecular flexibility index (Phi) is 18.9. The molecule has 17 nitrogen and oxygen atoms in total. The lowest BCUT2D eigenvalue weighted by atomic mass is 9.89. The summed E-state index contributed by atoms with van der Waals surface area (Å²) in [6.45, 7) is 1.96. The summed E-state index contributed by atoms with van der Waals surface area (Å²) in [7, 11) is 0. The third-order valence-corrected chi connectivity index (χ3v) is 12.8. The fraction of sp³-hybridized carbons (Fsp3) is 0.288. The van der Waals surface area contributed by atoms with Crippen molar-refractivity contribution in [1.29, 1.82) is 0 Å². The summed E-state index contributed by atoms with van der Waals surface area (Å²) in [5, 5.41) is 25.3. The third-order valence-electron chi connectivity index (χ3n) is 11.4. The molecule has 4 aromatic carbocycles. The van der Waals surface area contributed by atoms with Crippen molar-refractivity contribution in [3.63, 3.8) is 0 Å². The highest BCUT2D eigenvalue weighted by Crippen LogP contribution is 2.22. The van der Waals surface area contributed by atoms with Gasteiger partial charge in [0.05, 0.1) is 6.04 Å². The number of halogens is 1. The van der Waals surface area contributed by atoms with E-state index in [1.54, 1.807) is 115 Å². The van der Waals surface area contributed by atoms with Crippen LogP contribution in [0.1, 0.15) is 47.4 Å². The molecule has 1 aromatic heterocycles. The molecule has 2 aliphatic heterocycles. The van der Waals surface area contributed by atoms with Gasteiger partial charge in [0.2, 0.25) is 29.9 Å². The summed E-state index contributed by atoms with van der Waals surface area (Å²) in [5.41, 5.74) is 2.49. The molecule has 6 N–H and O–H groups in total. The second-order valence-corrected chi connectivity index (χ2v) is 18.8. The standard InChI is InChI=1S/C52H52BrN5O12S/c1-30(59)69-45-46(70-31(2)60)51(66)57-42(29-39-14-9-23-71-39)49(64)56-41(26-35-15-19-37(53)20-16-35)48(63)55-40(25-32-10-5-3-6-11-32)44(61)28-36(24-34-17-21-38(22-18-34)54-50(45)65)47(62)58-43(52(67)68)27-33-12-7-4-8-13-33/h3-23,36,40-43,45-46H,24-29H2,1-2H3,(H,54,65)(H,55,63)(H,56,64)(H,57,66)(H,58,62)(H,67,68)/t36-,40+,41-,42+,43-,45+,46+/m0/s1. The number of Topliss-reactive ketones (excluding diaryl/α,β-unsaturated/α-hetero) is 1. The Balaban J connectivity index is 1.44. The van der Waals surface area contributed by atoms with Crippen molar-refractivity contribution in [3.05, 3.63) is 158 Å². The highest BCUT2D eigenvalue weighted by molar-refractivity contribution is 9.10. The molecule has 0 unspecified atom stereocenters. The number of nitrogens with one attached hydrogen (secondary N) is 5. The number of carboxylic acids is 1. The lowest BCUT2D eigenvalue weighted by Gasteiger charge is -2.28. The first-order valence-corrected chi connectivity index (χ1v) is 24.2. The first-order valence-electron chi connectivity index (χ1n) is 22.6. The van der Waals surface area contributed by atoms with Crippen molar-refractivity contribution < 1.29 is 57.7 Å². The Bertz CT molecular complexity index is 2690. The Morgan fingerprint density at radius 1 is 0.634 bits per heavy atom. The van der Waals surface area contributed by atoms with Gasteiger partial charge in [-0.2, -0.15) is 0 Å². The molecule has 0 saturated carbocycles. The molecule has 7 rings (SSSR count). The Hall–Kier alpha value is -7.51. The highest BCUT2D eigenvalue weighted by atomic mass is 79.9. The number of anilines is 1. The van der Waals surface area contributed by atoms with Gasteiger partial charge in [0.15, 0.2) is 5.78 Å². The Morgan fingerprint density at radius 3 is 1.75 bits per heavy atom. The summed E-state index contributed by atoms with van der Waals surface area (Å²) in [6, 6.07) is 28.3. The van der Waals surface area contributed by atoms with Crippen molar-refractivity contribution in [2.24, 2.45) is 5.92 Å². The number of ketones is 1. The van der Waals surface area contributed by atoms with Gasteiger partial charge in [0.25, 0.3) is 11.8 Å². The number of carbonyl (C=O) groups excluding carboxylic acids is 8. The topological polar surface area (TPSA) is 252 Å². The number of amides is 5. The number of carbonyl (C=O) groups is 9. The summed E-state index contributed by atoms with van der Waals surface area (Å²) in [4.78, 5) is 125. The number of fused-ring (bicyclic) bond motifs is 18.